The molecule has 0 bridgehead atoms. The Morgan fingerprint density at radius 1 is 1.17 bits per heavy atom. The maximum Gasteiger partial charge on any atom is 0.338 e. The van der Waals surface area contributed by atoms with Crippen molar-refractivity contribution in [1.29, 1.82) is 0 Å². The Morgan fingerprint density at radius 3 is 2.59 bits per heavy atom. The third-order valence-corrected chi connectivity index (χ3v) is 4.53. The number of hydrogen-bond acceptors (Lipinski definition) is 7. The lowest BCUT2D eigenvalue weighted by atomic mass is 10.1. The molecule has 1 aromatic heterocycles. The summed E-state index contributed by atoms with van der Waals surface area (Å²) in [6.07, 6.45) is 1.72. The molecule has 3 rings (SSSR count). The van der Waals surface area contributed by atoms with Crippen LogP contribution in [0.5, 0.6) is 0 Å². The van der Waals surface area contributed by atoms with Crippen LogP contribution in [0.15, 0.2) is 24.3 Å². The Hall–Kier alpha value is -3.49. The molecule has 2 aromatic rings. The van der Waals surface area contributed by atoms with Gasteiger partial charge in [-0.3, -0.25) is 9.59 Å². The van der Waals surface area contributed by atoms with Crippen LogP contribution in [0.4, 0.5) is 17.2 Å². The number of benzene rings is 1. The molecule has 1 aromatic carbocycles. The molecule has 0 unspecified atom stereocenters. The van der Waals surface area contributed by atoms with Gasteiger partial charge in [0.05, 0.1) is 17.9 Å². The lowest BCUT2D eigenvalue weighted by Gasteiger charge is -2.15. The molecule has 2 amide bonds. The smallest absolute Gasteiger partial charge is 0.338 e. The van der Waals surface area contributed by atoms with Gasteiger partial charge in [-0.2, -0.15) is 0 Å². The van der Waals surface area contributed by atoms with Crippen molar-refractivity contribution in [2.24, 2.45) is 5.92 Å². The molecule has 1 saturated carbocycles. The van der Waals surface area contributed by atoms with Crippen molar-refractivity contribution in [1.82, 2.24) is 15.5 Å². The van der Waals surface area contributed by atoms with Crippen LogP contribution in [0.1, 0.15) is 46.2 Å². The minimum Gasteiger partial charge on any atom is -0.462 e. The number of nitrogens with zero attached hydrogens (tertiary/aromatic N) is 2. The van der Waals surface area contributed by atoms with Crippen LogP contribution in [0.2, 0.25) is 0 Å². The Balaban J connectivity index is 1.93. The highest BCUT2D eigenvalue weighted by Gasteiger charge is 2.30. The average Bonchev–Trinajstić information content (AvgIpc) is 3.55. The lowest BCUT2D eigenvalue weighted by Crippen LogP contribution is -2.22. The van der Waals surface area contributed by atoms with E-state index < -0.39 is 11.9 Å². The molecule has 1 heterocycles. The van der Waals surface area contributed by atoms with Gasteiger partial charge >= 0.3 is 5.97 Å². The molecule has 1 fully saturated rings. The van der Waals surface area contributed by atoms with Crippen molar-refractivity contribution in [3.05, 3.63) is 41.1 Å². The normalized spacial score (nSPS) is 12.8. The van der Waals surface area contributed by atoms with E-state index in [-0.39, 0.29) is 29.9 Å². The summed E-state index contributed by atoms with van der Waals surface area (Å²) >= 11 is 0. The van der Waals surface area contributed by atoms with Crippen molar-refractivity contribution < 1.29 is 19.1 Å². The molecule has 9 nitrogen and oxygen atoms in total. The van der Waals surface area contributed by atoms with Crippen molar-refractivity contribution >= 4 is 35.0 Å². The van der Waals surface area contributed by atoms with Crippen LogP contribution in [0.25, 0.3) is 0 Å². The molecule has 29 heavy (non-hydrogen) atoms. The van der Waals surface area contributed by atoms with E-state index in [0.717, 1.165) is 12.8 Å². The number of esters is 1. The van der Waals surface area contributed by atoms with Crippen molar-refractivity contribution in [3.8, 4) is 0 Å². The largest absolute Gasteiger partial charge is 0.462 e. The first-order valence-electron chi connectivity index (χ1n) is 9.39. The van der Waals surface area contributed by atoms with Crippen LogP contribution in [-0.2, 0) is 9.53 Å². The van der Waals surface area contributed by atoms with Gasteiger partial charge in [-0.1, -0.05) is 6.07 Å². The summed E-state index contributed by atoms with van der Waals surface area (Å²) in [5.41, 5.74) is 2.11. The van der Waals surface area contributed by atoms with Gasteiger partial charge in [-0.15, -0.1) is 10.2 Å². The van der Waals surface area contributed by atoms with Crippen LogP contribution >= 0.6 is 0 Å². The fourth-order valence-electron chi connectivity index (χ4n) is 2.75. The Kier molecular flexibility index (Phi) is 6.06. The molecule has 0 radical (unpaired) electrons. The van der Waals surface area contributed by atoms with E-state index in [9.17, 15) is 14.4 Å². The Morgan fingerprint density at radius 2 is 1.93 bits per heavy atom. The van der Waals surface area contributed by atoms with Crippen molar-refractivity contribution in [3.63, 3.8) is 0 Å². The van der Waals surface area contributed by atoms with Crippen LogP contribution in [-0.4, -0.2) is 41.6 Å². The topological polar surface area (TPSA) is 122 Å². The van der Waals surface area contributed by atoms with Crippen molar-refractivity contribution in [2.75, 3.05) is 24.3 Å². The van der Waals surface area contributed by atoms with Gasteiger partial charge in [0.1, 0.15) is 0 Å². The molecule has 152 valence electrons. The number of carbonyl (C=O) groups is 3. The molecule has 3 N–H and O–H groups in total. The third kappa shape index (κ3) is 4.68. The summed E-state index contributed by atoms with van der Waals surface area (Å²) in [6, 6.07) is 6.71. The van der Waals surface area contributed by atoms with Crippen LogP contribution in [0, 0.1) is 12.8 Å². The monoisotopic (exact) mass is 397 g/mol. The van der Waals surface area contributed by atoms with E-state index in [1.807, 2.05) is 0 Å². The maximum absolute atomic E-state index is 12.2. The van der Waals surface area contributed by atoms with Gasteiger partial charge in [0.25, 0.3) is 5.91 Å². The number of rotatable bonds is 7. The lowest BCUT2D eigenvalue weighted by molar-refractivity contribution is -0.117. The predicted molar refractivity (Wildman–Crippen MR) is 107 cm³/mol. The minimum atomic E-state index is -0.431. The summed E-state index contributed by atoms with van der Waals surface area (Å²) in [5.74, 6) is -0.713. The first-order valence-corrected chi connectivity index (χ1v) is 9.39. The van der Waals surface area contributed by atoms with E-state index in [1.165, 1.54) is 7.05 Å². The zero-order valence-corrected chi connectivity index (χ0v) is 16.5. The van der Waals surface area contributed by atoms with E-state index >= 15 is 0 Å². The summed E-state index contributed by atoms with van der Waals surface area (Å²) in [5, 5.41) is 16.3. The number of amides is 2. The summed E-state index contributed by atoms with van der Waals surface area (Å²) in [6.45, 7) is 3.79. The maximum atomic E-state index is 12.2. The summed E-state index contributed by atoms with van der Waals surface area (Å²) < 4.78 is 5.08. The number of ether oxygens (including phenoxy) is 1. The van der Waals surface area contributed by atoms with E-state index in [0.29, 0.717) is 22.5 Å². The van der Waals surface area contributed by atoms with Gasteiger partial charge in [0, 0.05) is 24.7 Å². The first kappa shape index (κ1) is 20.2. The van der Waals surface area contributed by atoms with E-state index in [2.05, 4.69) is 26.1 Å². The molecule has 0 aliphatic heterocycles. The third-order valence-electron chi connectivity index (χ3n) is 4.53. The molecule has 0 spiro atoms. The second kappa shape index (κ2) is 8.68. The SMILES string of the molecule is CCOC(=O)c1cccc(Nc2cc(NC(=O)C3CC3)nnc2C(=O)NC)c1C. The Bertz CT molecular complexity index is 956. The second-order valence-corrected chi connectivity index (χ2v) is 6.66. The number of nitrogens with one attached hydrogen (secondary N) is 3. The zero-order valence-electron chi connectivity index (χ0n) is 16.5. The quantitative estimate of drug-likeness (QED) is 0.613. The molecule has 0 atom stereocenters. The highest BCUT2D eigenvalue weighted by Crippen LogP contribution is 2.31. The van der Waals surface area contributed by atoms with Gasteiger partial charge in [-0.25, -0.2) is 4.79 Å². The minimum absolute atomic E-state index is 0.00956. The number of hydrogen-bond donors (Lipinski definition) is 3. The van der Waals surface area contributed by atoms with Gasteiger partial charge in [0.15, 0.2) is 11.5 Å². The molecule has 9 heteroatoms. The molecular weight excluding hydrogens is 374 g/mol. The van der Waals surface area contributed by atoms with E-state index in [4.69, 9.17) is 4.74 Å². The average molecular weight is 397 g/mol. The predicted octanol–water partition coefficient (Wildman–Crippen LogP) is 2.41. The van der Waals surface area contributed by atoms with Crippen molar-refractivity contribution in [2.45, 2.75) is 26.7 Å². The number of carbonyl (C=O) groups excluding carboxylic acids is 3. The van der Waals surface area contributed by atoms with E-state index in [1.54, 1.807) is 38.1 Å². The van der Waals surface area contributed by atoms with Gasteiger partial charge in [-0.05, 0) is 44.4 Å². The molecule has 1 aliphatic rings. The highest BCUT2D eigenvalue weighted by molar-refractivity contribution is 6.00. The molecule has 1 aliphatic carbocycles. The fraction of sp³-hybridized carbons (Fsp3) is 0.350. The van der Waals surface area contributed by atoms with Gasteiger partial charge in [0.2, 0.25) is 5.91 Å². The van der Waals surface area contributed by atoms with Crippen LogP contribution < -0.4 is 16.0 Å². The number of aromatic nitrogens is 2. The Labute approximate surface area is 168 Å². The second-order valence-electron chi connectivity index (χ2n) is 6.66. The number of anilines is 3. The first-order chi connectivity index (χ1) is 13.9. The standard InChI is InChI=1S/C20H23N5O4/c1-4-29-20(28)13-6-5-7-14(11(13)2)22-15-10-16(23-18(26)12-8-9-12)24-25-17(15)19(27)21-3/h5-7,10,12H,4,8-9H2,1-3H3,(H,21,27)(H2,22,23,24,26). The molecule has 0 saturated heterocycles. The zero-order chi connectivity index (χ0) is 21.0. The summed E-state index contributed by atoms with van der Waals surface area (Å²) in [4.78, 5) is 36.4. The molecular formula is C20H23N5O4. The highest BCUT2D eigenvalue weighted by atomic mass is 16.5. The van der Waals surface area contributed by atoms with Crippen LogP contribution in [0.3, 0.4) is 0 Å². The summed E-state index contributed by atoms with van der Waals surface area (Å²) in [7, 11) is 1.49. The fourth-order valence-corrected chi connectivity index (χ4v) is 2.75. The van der Waals surface area contributed by atoms with Gasteiger partial charge < -0.3 is 20.7 Å².